The average Bonchev–Trinajstić information content (AvgIpc) is 2.71. The number of H-pyrrole nitrogens is 1. The highest BCUT2D eigenvalue weighted by molar-refractivity contribution is 5.42. The highest BCUT2D eigenvalue weighted by Crippen LogP contribution is 2.09. The summed E-state index contributed by atoms with van der Waals surface area (Å²) in [4.78, 5) is 4.17. The molecule has 2 aromatic rings. The van der Waals surface area contributed by atoms with Gasteiger partial charge < -0.3 is 5.32 Å². The van der Waals surface area contributed by atoms with Crippen molar-refractivity contribution in [1.29, 1.82) is 0 Å². The molecule has 2 heterocycles. The average molecular weight is 230 g/mol. The van der Waals surface area contributed by atoms with Gasteiger partial charge in [-0.3, -0.25) is 10.1 Å². The molecule has 4 heteroatoms. The van der Waals surface area contributed by atoms with Crippen molar-refractivity contribution in [1.82, 2.24) is 15.2 Å². The van der Waals surface area contributed by atoms with Crippen molar-refractivity contribution in [2.75, 3.05) is 11.9 Å². The van der Waals surface area contributed by atoms with Gasteiger partial charge in [-0.1, -0.05) is 0 Å². The second-order valence-corrected chi connectivity index (χ2v) is 4.24. The smallest absolute Gasteiger partial charge is 0.0522 e. The van der Waals surface area contributed by atoms with Crippen molar-refractivity contribution >= 4 is 5.69 Å². The Balaban J connectivity index is 1.75. The van der Waals surface area contributed by atoms with E-state index in [1.54, 1.807) is 0 Å². The summed E-state index contributed by atoms with van der Waals surface area (Å²) in [6.45, 7) is 5.02. The summed E-state index contributed by atoms with van der Waals surface area (Å²) in [7, 11) is 0. The highest BCUT2D eigenvalue weighted by Gasteiger charge is 1.99. The third-order valence-corrected chi connectivity index (χ3v) is 2.78. The van der Waals surface area contributed by atoms with Crippen LogP contribution in [0.2, 0.25) is 0 Å². The second-order valence-electron chi connectivity index (χ2n) is 4.24. The molecule has 0 aliphatic heterocycles. The predicted octanol–water partition coefficient (Wildman–Crippen LogP) is 2.47. The standard InChI is InChI=1S/C13H18N4/c1-10-8-13(5-7-14-10)15-6-3-4-12-9-16-17-11(12)2/h5,7-9H,3-4,6H2,1-2H3,(H,14,15)(H,16,17). The molecular formula is C13H18N4. The topological polar surface area (TPSA) is 53.6 Å². The normalized spacial score (nSPS) is 10.5. The van der Waals surface area contributed by atoms with Crippen molar-refractivity contribution in [3.8, 4) is 0 Å². The van der Waals surface area contributed by atoms with E-state index in [0.717, 1.165) is 30.8 Å². The van der Waals surface area contributed by atoms with Crippen molar-refractivity contribution in [3.63, 3.8) is 0 Å². The zero-order chi connectivity index (χ0) is 12.1. The summed E-state index contributed by atoms with van der Waals surface area (Å²) in [6.07, 6.45) is 5.89. The monoisotopic (exact) mass is 230 g/mol. The maximum atomic E-state index is 4.17. The van der Waals surface area contributed by atoms with E-state index < -0.39 is 0 Å². The molecule has 0 fully saturated rings. The summed E-state index contributed by atoms with van der Waals surface area (Å²) in [5.41, 5.74) is 4.66. The Kier molecular flexibility index (Phi) is 3.75. The highest BCUT2D eigenvalue weighted by atomic mass is 15.1. The fourth-order valence-corrected chi connectivity index (χ4v) is 1.79. The van der Waals surface area contributed by atoms with E-state index >= 15 is 0 Å². The lowest BCUT2D eigenvalue weighted by molar-refractivity contribution is 0.857. The lowest BCUT2D eigenvalue weighted by Gasteiger charge is -2.06. The molecule has 4 nitrogen and oxygen atoms in total. The van der Waals surface area contributed by atoms with Crippen LogP contribution in [0.15, 0.2) is 24.5 Å². The van der Waals surface area contributed by atoms with Crippen molar-refractivity contribution in [2.45, 2.75) is 26.7 Å². The predicted molar refractivity (Wildman–Crippen MR) is 69.1 cm³/mol. The van der Waals surface area contributed by atoms with Crippen LogP contribution in [0.5, 0.6) is 0 Å². The number of nitrogens with one attached hydrogen (secondary N) is 2. The quantitative estimate of drug-likeness (QED) is 0.776. The van der Waals surface area contributed by atoms with E-state index in [4.69, 9.17) is 0 Å². The molecule has 0 radical (unpaired) electrons. The van der Waals surface area contributed by atoms with Gasteiger partial charge in [-0.15, -0.1) is 0 Å². The Labute approximate surface area is 101 Å². The molecule has 0 amide bonds. The molecule has 0 spiro atoms. The molecule has 0 aliphatic carbocycles. The lowest BCUT2D eigenvalue weighted by atomic mass is 10.1. The van der Waals surface area contributed by atoms with Gasteiger partial charge in [0, 0.05) is 29.8 Å². The summed E-state index contributed by atoms with van der Waals surface area (Å²) in [6, 6.07) is 4.05. The van der Waals surface area contributed by atoms with Crippen LogP contribution in [-0.2, 0) is 6.42 Å². The Morgan fingerprint density at radius 2 is 2.24 bits per heavy atom. The van der Waals surface area contributed by atoms with E-state index in [9.17, 15) is 0 Å². The molecule has 0 saturated carbocycles. The number of pyridine rings is 1. The Morgan fingerprint density at radius 1 is 1.35 bits per heavy atom. The molecule has 2 aromatic heterocycles. The van der Waals surface area contributed by atoms with Crippen molar-refractivity contribution in [3.05, 3.63) is 41.5 Å². The summed E-state index contributed by atoms with van der Waals surface area (Å²) >= 11 is 0. The first-order chi connectivity index (χ1) is 8.25. The van der Waals surface area contributed by atoms with Crippen LogP contribution in [-0.4, -0.2) is 21.7 Å². The van der Waals surface area contributed by atoms with Gasteiger partial charge in [-0.05, 0) is 44.4 Å². The molecule has 0 aromatic carbocycles. The summed E-state index contributed by atoms with van der Waals surface area (Å²) in [5.74, 6) is 0. The number of rotatable bonds is 5. The molecule has 0 unspecified atom stereocenters. The molecule has 0 aliphatic rings. The minimum atomic E-state index is 0.966. The molecule has 2 N–H and O–H groups in total. The number of aromatic nitrogens is 3. The third kappa shape index (κ3) is 3.31. The van der Waals surface area contributed by atoms with E-state index in [-0.39, 0.29) is 0 Å². The zero-order valence-corrected chi connectivity index (χ0v) is 10.3. The minimum absolute atomic E-state index is 0.966. The maximum absolute atomic E-state index is 4.17. The van der Waals surface area contributed by atoms with Crippen LogP contribution in [0, 0.1) is 13.8 Å². The van der Waals surface area contributed by atoms with Crippen LogP contribution < -0.4 is 5.32 Å². The fraction of sp³-hybridized carbons (Fsp3) is 0.385. The molecular weight excluding hydrogens is 212 g/mol. The first-order valence-electron chi connectivity index (χ1n) is 5.91. The number of aromatic amines is 1. The first kappa shape index (κ1) is 11.6. The van der Waals surface area contributed by atoms with Gasteiger partial charge in [0.15, 0.2) is 0 Å². The summed E-state index contributed by atoms with van der Waals surface area (Å²) < 4.78 is 0. The Hall–Kier alpha value is -1.84. The first-order valence-corrected chi connectivity index (χ1v) is 5.91. The number of aryl methyl sites for hydroxylation is 3. The van der Waals surface area contributed by atoms with Crippen LogP contribution >= 0.6 is 0 Å². The van der Waals surface area contributed by atoms with Crippen LogP contribution in [0.3, 0.4) is 0 Å². The number of hydrogen-bond donors (Lipinski definition) is 2. The largest absolute Gasteiger partial charge is 0.385 e. The van der Waals surface area contributed by atoms with Gasteiger partial charge in [0.05, 0.1) is 6.20 Å². The SMILES string of the molecule is Cc1cc(NCCCc2cn[nH]c2C)ccn1. The minimum Gasteiger partial charge on any atom is -0.385 e. The molecule has 0 saturated heterocycles. The molecule has 2 rings (SSSR count). The number of nitrogens with zero attached hydrogens (tertiary/aromatic N) is 2. The lowest BCUT2D eigenvalue weighted by Crippen LogP contribution is -2.03. The van der Waals surface area contributed by atoms with Crippen molar-refractivity contribution < 1.29 is 0 Å². The van der Waals surface area contributed by atoms with E-state index in [1.165, 1.54) is 11.3 Å². The van der Waals surface area contributed by atoms with Gasteiger partial charge in [0.1, 0.15) is 0 Å². The number of anilines is 1. The molecule has 0 atom stereocenters. The number of hydrogen-bond acceptors (Lipinski definition) is 3. The zero-order valence-electron chi connectivity index (χ0n) is 10.3. The molecule has 90 valence electrons. The van der Waals surface area contributed by atoms with Crippen LogP contribution in [0.1, 0.15) is 23.4 Å². The van der Waals surface area contributed by atoms with E-state index in [2.05, 4.69) is 33.5 Å². The van der Waals surface area contributed by atoms with Gasteiger partial charge in [-0.25, -0.2) is 0 Å². The second kappa shape index (κ2) is 5.48. The van der Waals surface area contributed by atoms with E-state index in [0.29, 0.717) is 0 Å². The van der Waals surface area contributed by atoms with Crippen LogP contribution in [0.4, 0.5) is 5.69 Å². The maximum Gasteiger partial charge on any atom is 0.0522 e. The Bertz CT molecular complexity index is 476. The third-order valence-electron chi connectivity index (χ3n) is 2.78. The molecule has 17 heavy (non-hydrogen) atoms. The summed E-state index contributed by atoms with van der Waals surface area (Å²) in [5, 5.41) is 10.4. The molecule has 0 bridgehead atoms. The van der Waals surface area contributed by atoms with Gasteiger partial charge in [0.2, 0.25) is 0 Å². The fourth-order valence-electron chi connectivity index (χ4n) is 1.79. The van der Waals surface area contributed by atoms with E-state index in [1.807, 2.05) is 25.4 Å². The van der Waals surface area contributed by atoms with Gasteiger partial charge in [-0.2, -0.15) is 5.10 Å². The van der Waals surface area contributed by atoms with Crippen molar-refractivity contribution in [2.24, 2.45) is 0 Å². The van der Waals surface area contributed by atoms with Crippen LogP contribution in [0.25, 0.3) is 0 Å². The van der Waals surface area contributed by atoms with Gasteiger partial charge in [0.25, 0.3) is 0 Å². The Morgan fingerprint density at radius 3 is 2.94 bits per heavy atom. The van der Waals surface area contributed by atoms with Gasteiger partial charge >= 0.3 is 0 Å².